The molecule has 0 saturated heterocycles. The van der Waals surface area contributed by atoms with Gasteiger partial charge < -0.3 is 14.2 Å². The molecule has 33 heavy (non-hydrogen) atoms. The summed E-state index contributed by atoms with van der Waals surface area (Å²) in [5.74, 6) is 0.947. The van der Waals surface area contributed by atoms with E-state index in [1.165, 1.54) is 0 Å². The van der Waals surface area contributed by atoms with Crippen molar-refractivity contribution in [2.75, 3.05) is 7.11 Å². The molecule has 168 valence electrons. The quantitative estimate of drug-likeness (QED) is 0.158. The second kappa shape index (κ2) is 10.6. The Balaban J connectivity index is 1.60. The van der Waals surface area contributed by atoms with Crippen molar-refractivity contribution in [2.45, 2.75) is 13.5 Å². The van der Waals surface area contributed by atoms with Gasteiger partial charge >= 0.3 is 5.97 Å². The summed E-state index contributed by atoms with van der Waals surface area (Å²) in [5, 5.41) is 0. The molecule has 0 N–H and O–H groups in total. The molecule has 8 heteroatoms. The first kappa shape index (κ1) is 24.2. The van der Waals surface area contributed by atoms with E-state index in [0.717, 1.165) is 29.4 Å². The second-order valence-corrected chi connectivity index (χ2v) is 10.4. The number of aliphatic imine (C=N–C) groups is 1. The van der Waals surface area contributed by atoms with Crippen LogP contribution < -0.4 is 9.47 Å². The predicted molar refractivity (Wildman–Crippen MR) is 149 cm³/mol. The summed E-state index contributed by atoms with van der Waals surface area (Å²) in [6.45, 7) is 2.41. The van der Waals surface area contributed by atoms with E-state index in [9.17, 15) is 4.79 Å². The first-order valence-corrected chi connectivity index (χ1v) is 12.8. The van der Waals surface area contributed by atoms with Gasteiger partial charge in [0.15, 0.2) is 17.2 Å². The molecule has 0 radical (unpaired) electrons. The number of carbonyl (C=O) groups excluding carboxylic acids is 1. The van der Waals surface area contributed by atoms with Crippen molar-refractivity contribution in [3.05, 3.63) is 94.2 Å². The molecule has 0 amide bonds. The molecule has 0 aromatic heterocycles. The average Bonchev–Trinajstić information content (AvgIpc) is 3.15. The van der Waals surface area contributed by atoms with E-state index in [1.54, 1.807) is 19.3 Å². The lowest BCUT2D eigenvalue weighted by atomic mass is 10.1. The SMILES string of the molecule is COc1cc(/C=C2\N=C(c3ccc(I)c(C)c3)OC2=O)cc(Br)c1OCc1ccccc1I. The molecule has 0 saturated carbocycles. The summed E-state index contributed by atoms with van der Waals surface area (Å²) in [6, 6.07) is 17.5. The number of carbonyl (C=O) groups is 1. The summed E-state index contributed by atoms with van der Waals surface area (Å²) >= 11 is 8.12. The van der Waals surface area contributed by atoms with E-state index in [-0.39, 0.29) is 5.70 Å². The van der Waals surface area contributed by atoms with Crippen LogP contribution in [0, 0.1) is 14.1 Å². The second-order valence-electron chi connectivity index (χ2n) is 7.21. The number of nitrogens with zero attached hydrogens (tertiary/aromatic N) is 1. The zero-order chi connectivity index (χ0) is 23.5. The lowest BCUT2D eigenvalue weighted by Crippen LogP contribution is -2.05. The van der Waals surface area contributed by atoms with Crippen LogP contribution in [0.15, 0.2) is 69.8 Å². The van der Waals surface area contributed by atoms with E-state index >= 15 is 0 Å². The van der Waals surface area contributed by atoms with Gasteiger partial charge in [0.2, 0.25) is 5.90 Å². The summed E-state index contributed by atoms with van der Waals surface area (Å²) in [7, 11) is 1.58. The number of esters is 1. The highest BCUT2D eigenvalue weighted by molar-refractivity contribution is 14.1. The lowest BCUT2D eigenvalue weighted by molar-refractivity contribution is -0.129. The molecule has 1 heterocycles. The maximum atomic E-state index is 12.4. The average molecular weight is 730 g/mol. The molecule has 0 aliphatic carbocycles. The van der Waals surface area contributed by atoms with Gasteiger partial charge in [0.05, 0.1) is 11.6 Å². The molecule has 0 spiro atoms. The molecule has 5 nitrogen and oxygen atoms in total. The monoisotopic (exact) mass is 729 g/mol. The van der Waals surface area contributed by atoms with Crippen molar-refractivity contribution >= 4 is 79.1 Å². The van der Waals surface area contributed by atoms with Gasteiger partial charge in [0.1, 0.15) is 6.61 Å². The Hall–Kier alpha value is -1.92. The summed E-state index contributed by atoms with van der Waals surface area (Å²) < 4.78 is 20.0. The number of benzene rings is 3. The first-order valence-electron chi connectivity index (χ1n) is 9.88. The molecule has 0 unspecified atom stereocenters. The van der Waals surface area contributed by atoms with Gasteiger partial charge in [-0.25, -0.2) is 9.79 Å². The molecule has 1 aliphatic heterocycles. The van der Waals surface area contributed by atoms with Gasteiger partial charge in [0.25, 0.3) is 0 Å². The highest BCUT2D eigenvalue weighted by Gasteiger charge is 2.25. The zero-order valence-electron chi connectivity index (χ0n) is 17.7. The molecular formula is C25H18BrI2NO4. The Morgan fingerprint density at radius 3 is 2.61 bits per heavy atom. The van der Waals surface area contributed by atoms with Gasteiger partial charge in [-0.15, -0.1) is 0 Å². The summed E-state index contributed by atoms with van der Waals surface area (Å²) in [5.41, 5.74) is 3.90. The molecule has 1 aliphatic rings. The van der Waals surface area contributed by atoms with E-state index in [1.807, 2.05) is 55.5 Å². The molecule has 0 atom stereocenters. The zero-order valence-corrected chi connectivity index (χ0v) is 23.6. The first-order chi connectivity index (χ1) is 15.9. The smallest absolute Gasteiger partial charge is 0.363 e. The maximum absolute atomic E-state index is 12.4. The highest BCUT2D eigenvalue weighted by Crippen LogP contribution is 2.38. The third-order valence-electron chi connectivity index (χ3n) is 4.91. The third kappa shape index (κ3) is 5.60. The predicted octanol–water partition coefficient (Wildman–Crippen LogP) is 6.90. The van der Waals surface area contributed by atoms with E-state index in [0.29, 0.717) is 28.5 Å². The number of rotatable bonds is 6. The van der Waals surface area contributed by atoms with Gasteiger partial charge in [-0.2, -0.15) is 0 Å². The number of methoxy groups -OCH3 is 1. The number of hydrogen-bond donors (Lipinski definition) is 0. The van der Waals surface area contributed by atoms with Crippen LogP contribution in [0.3, 0.4) is 0 Å². The Labute approximate surface area is 227 Å². The van der Waals surface area contributed by atoms with E-state index < -0.39 is 5.97 Å². The summed E-state index contributed by atoms with van der Waals surface area (Å²) in [4.78, 5) is 16.9. The van der Waals surface area contributed by atoms with Crippen LogP contribution in [-0.2, 0) is 16.1 Å². The van der Waals surface area contributed by atoms with Gasteiger partial charge in [-0.1, -0.05) is 18.2 Å². The number of aryl methyl sites for hydroxylation is 1. The molecule has 4 rings (SSSR count). The molecule has 3 aromatic carbocycles. The summed E-state index contributed by atoms with van der Waals surface area (Å²) in [6.07, 6.45) is 1.67. The fraction of sp³-hybridized carbons (Fsp3) is 0.120. The molecule has 3 aromatic rings. The minimum Gasteiger partial charge on any atom is -0.493 e. The Morgan fingerprint density at radius 2 is 1.88 bits per heavy atom. The fourth-order valence-electron chi connectivity index (χ4n) is 3.20. The minimum atomic E-state index is -0.490. The van der Waals surface area contributed by atoms with Crippen molar-refractivity contribution in [1.82, 2.24) is 0 Å². The van der Waals surface area contributed by atoms with Crippen LogP contribution in [-0.4, -0.2) is 19.0 Å². The van der Waals surface area contributed by atoms with Crippen LogP contribution in [0.5, 0.6) is 11.5 Å². The maximum Gasteiger partial charge on any atom is 0.363 e. The van der Waals surface area contributed by atoms with Gasteiger partial charge in [0, 0.05) is 18.3 Å². The van der Waals surface area contributed by atoms with Gasteiger partial charge in [-0.3, -0.25) is 0 Å². The largest absolute Gasteiger partial charge is 0.493 e. The van der Waals surface area contributed by atoms with Gasteiger partial charge in [-0.05, 0) is 122 Å². The highest BCUT2D eigenvalue weighted by atomic mass is 127. The minimum absolute atomic E-state index is 0.225. The third-order valence-corrected chi connectivity index (χ3v) is 7.76. The van der Waals surface area contributed by atoms with Crippen LogP contribution in [0.4, 0.5) is 0 Å². The number of hydrogen-bond acceptors (Lipinski definition) is 5. The number of cyclic esters (lactones) is 1. The Kier molecular flexibility index (Phi) is 7.75. The lowest BCUT2D eigenvalue weighted by Gasteiger charge is -2.14. The Bertz CT molecular complexity index is 1300. The number of halogens is 3. The normalized spacial score (nSPS) is 14.3. The van der Waals surface area contributed by atoms with Crippen LogP contribution in [0.1, 0.15) is 22.3 Å². The van der Waals surface area contributed by atoms with Crippen LogP contribution >= 0.6 is 61.1 Å². The van der Waals surface area contributed by atoms with Crippen molar-refractivity contribution in [3.8, 4) is 11.5 Å². The fourth-order valence-corrected chi connectivity index (χ4v) is 4.65. The molecular weight excluding hydrogens is 712 g/mol. The van der Waals surface area contributed by atoms with E-state index in [4.69, 9.17) is 14.2 Å². The van der Waals surface area contributed by atoms with Crippen LogP contribution in [0.25, 0.3) is 6.08 Å². The van der Waals surface area contributed by atoms with Crippen molar-refractivity contribution < 1.29 is 19.0 Å². The van der Waals surface area contributed by atoms with Crippen molar-refractivity contribution in [1.29, 1.82) is 0 Å². The van der Waals surface area contributed by atoms with E-state index in [2.05, 4.69) is 66.1 Å². The van der Waals surface area contributed by atoms with Crippen molar-refractivity contribution in [3.63, 3.8) is 0 Å². The molecule has 0 fully saturated rings. The van der Waals surface area contributed by atoms with Crippen molar-refractivity contribution in [2.24, 2.45) is 4.99 Å². The Morgan fingerprint density at radius 1 is 1.09 bits per heavy atom. The molecule has 0 bridgehead atoms. The number of ether oxygens (including phenoxy) is 3. The topological polar surface area (TPSA) is 57.1 Å². The van der Waals surface area contributed by atoms with Crippen LogP contribution in [0.2, 0.25) is 0 Å². The standard InChI is InChI=1S/C25H18BrI2NO4/c1-14-9-16(7-8-19(14)27)24-29-21(25(30)33-24)11-15-10-18(26)23(22(12-15)31-2)32-13-17-5-3-4-6-20(17)28/h3-12H,13H2,1-2H3/b21-11-.